The highest BCUT2D eigenvalue weighted by molar-refractivity contribution is 5.81. The summed E-state index contributed by atoms with van der Waals surface area (Å²) < 4.78 is 5.51. The van der Waals surface area contributed by atoms with E-state index >= 15 is 0 Å². The Labute approximate surface area is 122 Å². The van der Waals surface area contributed by atoms with Crippen LogP contribution in [-0.2, 0) is 9.53 Å². The lowest BCUT2D eigenvalue weighted by Gasteiger charge is -2.38. The van der Waals surface area contributed by atoms with Gasteiger partial charge in [-0.3, -0.25) is 9.69 Å². The third-order valence-electron chi connectivity index (χ3n) is 5.13. The molecule has 0 radical (unpaired) electrons. The van der Waals surface area contributed by atoms with Gasteiger partial charge in [-0.25, -0.2) is 0 Å². The lowest BCUT2D eigenvalue weighted by Crippen LogP contribution is -2.52. The Morgan fingerprint density at radius 2 is 1.70 bits per heavy atom. The van der Waals surface area contributed by atoms with E-state index in [0.29, 0.717) is 0 Å². The van der Waals surface area contributed by atoms with Crippen LogP contribution in [0.4, 0.5) is 0 Å². The van der Waals surface area contributed by atoms with Crippen molar-refractivity contribution in [1.82, 2.24) is 9.80 Å². The zero-order chi connectivity index (χ0) is 13.8. The number of carbonyl (C=O) groups is 1. The molecule has 3 aliphatic rings. The van der Waals surface area contributed by atoms with Crippen molar-refractivity contribution < 1.29 is 9.53 Å². The summed E-state index contributed by atoms with van der Waals surface area (Å²) in [5.41, 5.74) is 0. The Bertz CT molecular complexity index is 314. The zero-order valence-corrected chi connectivity index (χ0v) is 12.6. The second-order valence-electron chi connectivity index (χ2n) is 6.63. The topological polar surface area (TPSA) is 32.8 Å². The van der Waals surface area contributed by atoms with Gasteiger partial charge in [0, 0.05) is 39.3 Å². The monoisotopic (exact) mass is 280 g/mol. The molecule has 2 aliphatic heterocycles. The van der Waals surface area contributed by atoms with Crippen LogP contribution in [0.1, 0.15) is 44.9 Å². The van der Waals surface area contributed by atoms with E-state index in [4.69, 9.17) is 4.74 Å². The van der Waals surface area contributed by atoms with Crippen LogP contribution in [0.3, 0.4) is 0 Å². The molecule has 1 amide bonds. The van der Waals surface area contributed by atoms with Crippen molar-refractivity contribution in [2.75, 3.05) is 39.3 Å². The van der Waals surface area contributed by atoms with Crippen molar-refractivity contribution in [2.45, 2.75) is 51.0 Å². The molecule has 20 heavy (non-hydrogen) atoms. The van der Waals surface area contributed by atoms with Crippen LogP contribution in [0.15, 0.2) is 0 Å². The van der Waals surface area contributed by atoms with E-state index in [9.17, 15) is 4.79 Å². The summed E-state index contributed by atoms with van der Waals surface area (Å²) in [6.45, 7) is 5.90. The molecule has 0 aromatic heterocycles. The van der Waals surface area contributed by atoms with Crippen molar-refractivity contribution >= 4 is 5.91 Å². The normalized spacial score (nSPS) is 29.8. The SMILES string of the molecule is O=C(C1CCCO1)N1CCN(CC2CCCCC2)CC1. The average molecular weight is 280 g/mol. The third kappa shape index (κ3) is 3.53. The molecule has 1 aliphatic carbocycles. The second-order valence-corrected chi connectivity index (χ2v) is 6.63. The maximum atomic E-state index is 12.3. The van der Waals surface area contributed by atoms with Crippen molar-refractivity contribution in [3.05, 3.63) is 0 Å². The zero-order valence-electron chi connectivity index (χ0n) is 12.6. The molecular weight excluding hydrogens is 252 g/mol. The molecule has 3 rings (SSSR count). The van der Waals surface area contributed by atoms with Crippen molar-refractivity contribution in [2.24, 2.45) is 5.92 Å². The summed E-state index contributed by atoms with van der Waals surface area (Å²) in [6, 6.07) is 0. The van der Waals surface area contributed by atoms with Gasteiger partial charge in [0.1, 0.15) is 6.10 Å². The smallest absolute Gasteiger partial charge is 0.251 e. The molecule has 0 bridgehead atoms. The first-order chi connectivity index (χ1) is 9.83. The fourth-order valence-electron chi connectivity index (χ4n) is 3.86. The highest BCUT2D eigenvalue weighted by Gasteiger charge is 2.30. The van der Waals surface area contributed by atoms with Crippen LogP contribution >= 0.6 is 0 Å². The maximum Gasteiger partial charge on any atom is 0.251 e. The predicted octanol–water partition coefficient (Wildman–Crippen LogP) is 1.89. The fraction of sp³-hybridized carbons (Fsp3) is 0.938. The van der Waals surface area contributed by atoms with Crippen LogP contribution in [-0.4, -0.2) is 61.1 Å². The molecule has 3 fully saturated rings. The predicted molar refractivity (Wildman–Crippen MR) is 78.6 cm³/mol. The van der Waals surface area contributed by atoms with Gasteiger partial charge in [0.25, 0.3) is 5.91 Å². The summed E-state index contributed by atoms with van der Waals surface area (Å²) in [6.07, 6.45) is 8.91. The lowest BCUT2D eigenvalue weighted by molar-refractivity contribution is -0.142. The molecule has 1 atom stereocenters. The van der Waals surface area contributed by atoms with Crippen molar-refractivity contribution in [3.8, 4) is 0 Å². The number of ether oxygens (including phenoxy) is 1. The van der Waals surface area contributed by atoms with Gasteiger partial charge in [-0.2, -0.15) is 0 Å². The van der Waals surface area contributed by atoms with Crippen LogP contribution in [0, 0.1) is 5.92 Å². The Kier molecular flexibility index (Phi) is 4.94. The van der Waals surface area contributed by atoms with E-state index in [0.717, 1.165) is 51.5 Å². The molecular formula is C16H28N2O2. The summed E-state index contributed by atoms with van der Waals surface area (Å²) in [5, 5.41) is 0. The first-order valence-electron chi connectivity index (χ1n) is 8.45. The van der Waals surface area contributed by atoms with Gasteiger partial charge in [-0.1, -0.05) is 19.3 Å². The van der Waals surface area contributed by atoms with Crippen molar-refractivity contribution in [3.63, 3.8) is 0 Å². The number of nitrogens with zero attached hydrogens (tertiary/aromatic N) is 2. The maximum absolute atomic E-state index is 12.3. The molecule has 4 heteroatoms. The van der Waals surface area contributed by atoms with Gasteiger partial charge >= 0.3 is 0 Å². The van der Waals surface area contributed by atoms with Gasteiger partial charge in [-0.15, -0.1) is 0 Å². The van der Waals surface area contributed by atoms with Gasteiger partial charge in [0.2, 0.25) is 0 Å². The van der Waals surface area contributed by atoms with E-state index < -0.39 is 0 Å². The molecule has 0 spiro atoms. The molecule has 1 saturated carbocycles. The molecule has 0 N–H and O–H groups in total. The third-order valence-corrected chi connectivity index (χ3v) is 5.13. The molecule has 4 nitrogen and oxygen atoms in total. The minimum atomic E-state index is -0.139. The second kappa shape index (κ2) is 6.90. The number of carbonyl (C=O) groups excluding carboxylic acids is 1. The molecule has 0 aromatic rings. The number of piperazine rings is 1. The number of amides is 1. The van der Waals surface area contributed by atoms with Crippen molar-refractivity contribution in [1.29, 1.82) is 0 Å². The van der Waals surface area contributed by atoms with Crippen LogP contribution in [0.5, 0.6) is 0 Å². The highest BCUT2D eigenvalue weighted by atomic mass is 16.5. The van der Waals surface area contributed by atoms with Gasteiger partial charge in [0.15, 0.2) is 0 Å². The molecule has 0 aromatic carbocycles. The summed E-state index contributed by atoms with van der Waals surface area (Å²) >= 11 is 0. The van der Waals surface area contributed by atoms with Gasteiger partial charge in [0.05, 0.1) is 0 Å². The van der Waals surface area contributed by atoms with Gasteiger partial charge in [-0.05, 0) is 31.6 Å². The number of hydrogen-bond donors (Lipinski definition) is 0. The van der Waals surface area contributed by atoms with Crippen LogP contribution in [0.2, 0.25) is 0 Å². The average Bonchev–Trinajstić information content (AvgIpc) is 3.03. The van der Waals surface area contributed by atoms with E-state index in [1.54, 1.807) is 0 Å². The van der Waals surface area contributed by atoms with E-state index in [1.165, 1.54) is 38.6 Å². The highest BCUT2D eigenvalue weighted by Crippen LogP contribution is 2.25. The minimum Gasteiger partial charge on any atom is -0.368 e. The largest absolute Gasteiger partial charge is 0.368 e. The Hall–Kier alpha value is -0.610. The molecule has 2 saturated heterocycles. The van der Waals surface area contributed by atoms with Crippen LogP contribution in [0.25, 0.3) is 0 Å². The quantitative estimate of drug-likeness (QED) is 0.791. The summed E-state index contributed by atoms with van der Waals surface area (Å²) in [4.78, 5) is 16.9. The molecule has 1 unspecified atom stereocenters. The van der Waals surface area contributed by atoms with E-state index in [2.05, 4.69) is 4.90 Å². The fourth-order valence-corrected chi connectivity index (χ4v) is 3.86. The Morgan fingerprint density at radius 1 is 0.950 bits per heavy atom. The standard InChI is InChI=1S/C16H28N2O2/c19-16(15-7-4-12-20-15)18-10-8-17(9-11-18)13-14-5-2-1-3-6-14/h14-15H,1-13H2. The van der Waals surface area contributed by atoms with E-state index in [-0.39, 0.29) is 12.0 Å². The molecule has 114 valence electrons. The minimum absolute atomic E-state index is 0.139. The lowest BCUT2D eigenvalue weighted by atomic mass is 9.89. The Morgan fingerprint density at radius 3 is 2.35 bits per heavy atom. The summed E-state index contributed by atoms with van der Waals surface area (Å²) in [5.74, 6) is 1.14. The molecule has 2 heterocycles. The van der Waals surface area contributed by atoms with Gasteiger partial charge < -0.3 is 9.64 Å². The van der Waals surface area contributed by atoms with Crippen LogP contribution < -0.4 is 0 Å². The Balaban J connectivity index is 1.40. The first kappa shape index (κ1) is 14.3. The first-order valence-corrected chi connectivity index (χ1v) is 8.45. The number of rotatable bonds is 3. The summed E-state index contributed by atoms with van der Waals surface area (Å²) in [7, 11) is 0. The number of hydrogen-bond acceptors (Lipinski definition) is 3. The van der Waals surface area contributed by atoms with E-state index in [1.807, 2.05) is 4.90 Å².